The van der Waals surface area contributed by atoms with Crippen molar-refractivity contribution in [3.63, 3.8) is 0 Å². The number of hydrogen-bond acceptors (Lipinski definition) is 5. The van der Waals surface area contributed by atoms with Gasteiger partial charge in [0.25, 0.3) is 0 Å². The Morgan fingerprint density at radius 3 is 1.80 bits per heavy atom. The Hall–Kier alpha value is -1.44. The first-order chi connectivity index (χ1) is 12.0. The van der Waals surface area contributed by atoms with Crippen molar-refractivity contribution in [2.24, 2.45) is 0 Å². The smallest absolute Gasteiger partial charge is 0.243 e. The first kappa shape index (κ1) is 23.6. The minimum atomic E-state index is -1.33. The summed E-state index contributed by atoms with van der Waals surface area (Å²) in [6.45, 7) is 2.60. The van der Waals surface area contributed by atoms with Crippen molar-refractivity contribution in [1.29, 1.82) is 0 Å². The molecular weight excluding hydrogens is 324 g/mol. The highest BCUT2D eigenvalue weighted by atomic mass is 16.3. The second kappa shape index (κ2) is 14.9. The normalized spacial score (nSPS) is 11.2. The van der Waals surface area contributed by atoms with Gasteiger partial charge >= 0.3 is 0 Å². The van der Waals surface area contributed by atoms with Crippen molar-refractivity contribution in [2.45, 2.75) is 63.3 Å². The zero-order valence-electron chi connectivity index (χ0n) is 15.1. The number of carbonyl (C=O) groups excluding carboxylic acids is 2. The highest BCUT2D eigenvalue weighted by Gasteiger charge is 2.29. The Bertz CT molecular complexity index is 375. The lowest BCUT2D eigenvalue weighted by atomic mass is 10.0. The van der Waals surface area contributed by atoms with Crippen LogP contribution in [0.1, 0.15) is 57.8 Å². The van der Waals surface area contributed by atoms with E-state index in [1.807, 2.05) is 0 Å². The molecule has 0 aliphatic carbocycles. The van der Waals surface area contributed by atoms with Gasteiger partial charge < -0.3 is 26.0 Å². The van der Waals surface area contributed by atoms with Gasteiger partial charge in [0.05, 0.1) is 19.8 Å². The summed E-state index contributed by atoms with van der Waals surface area (Å²) in [4.78, 5) is 22.7. The average molecular weight is 358 g/mol. The van der Waals surface area contributed by atoms with E-state index in [9.17, 15) is 9.59 Å². The third kappa shape index (κ3) is 11.7. The fourth-order valence-corrected chi connectivity index (χ4v) is 2.38. The number of nitrogens with one attached hydrogen (secondary N) is 2. The molecule has 0 rings (SSSR count). The van der Waals surface area contributed by atoms with Gasteiger partial charge in [-0.3, -0.25) is 9.59 Å². The number of aliphatic hydroxyl groups excluding tert-OH is 3. The predicted octanol–water partition coefficient (Wildman–Crippen LogP) is 0.631. The molecule has 0 saturated heterocycles. The first-order valence-electron chi connectivity index (χ1n) is 9.07. The van der Waals surface area contributed by atoms with Gasteiger partial charge in [0.1, 0.15) is 5.54 Å². The third-order valence-corrected chi connectivity index (χ3v) is 4.13. The van der Waals surface area contributed by atoms with Crippen LogP contribution in [0.2, 0.25) is 0 Å². The van der Waals surface area contributed by atoms with Crippen molar-refractivity contribution >= 4 is 11.8 Å². The van der Waals surface area contributed by atoms with E-state index in [1.165, 1.54) is 6.08 Å². The van der Waals surface area contributed by atoms with Crippen LogP contribution in [0, 0.1) is 0 Å². The Balaban J connectivity index is 3.50. The molecule has 0 aromatic rings. The van der Waals surface area contributed by atoms with E-state index < -0.39 is 25.4 Å². The molecule has 0 aliphatic rings. The van der Waals surface area contributed by atoms with Crippen molar-refractivity contribution in [1.82, 2.24) is 10.6 Å². The summed E-state index contributed by atoms with van der Waals surface area (Å²) in [7, 11) is 0. The van der Waals surface area contributed by atoms with E-state index in [1.54, 1.807) is 0 Å². The molecule has 2 amide bonds. The molecule has 7 nitrogen and oxygen atoms in total. The Morgan fingerprint density at radius 2 is 1.32 bits per heavy atom. The van der Waals surface area contributed by atoms with E-state index in [0.717, 1.165) is 51.4 Å². The van der Waals surface area contributed by atoms with E-state index in [2.05, 4.69) is 17.2 Å². The molecule has 25 heavy (non-hydrogen) atoms. The maximum atomic E-state index is 11.8. The van der Waals surface area contributed by atoms with Gasteiger partial charge in [-0.2, -0.15) is 0 Å². The fraction of sp³-hybridized carbons (Fsp3) is 0.778. The lowest BCUT2D eigenvalue weighted by Crippen LogP contribution is -2.57. The lowest BCUT2D eigenvalue weighted by Gasteiger charge is -2.28. The number of unbranched alkanes of at least 4 members (excludes halogenated alkanes) is 7. The summed E-state index contributed by atoms with van der Waals surface area (Å²) in [5.74, 6) is -0.392. The summed E-state index contributed by atoms with van der Waals surface area (Å²) in [5.41, 5.74) is -1.33. The fourth-order valence-electron chi connectivity index (χ4n) is 2.38. The van der Waals surface area contributed by atoms with Gasteiger partial charge in [0.15, 0.2) is 0 Å². The quantitative estimate of drug-likeness (QED) is 0.205. The van der Waals surface area contributed by atoms with Crippen LogP contribution in [0.15, 0.2) is 12.7 Å². The van der Waals surface area contributed by atoms with Gasteiger partial charge in [0, 0.05) is 13.0 Å². The second-order valence-corrected chi connectivity index (χ2v) is 6.38. The first-order valence-corrected chi connectivity index (χ1v) is 9.07. The molecular formula is C18H34N2O5. The Morgan fingerprint density at radius 1 is 0.840 bits per heavy atom. The highest BCUT2D eigenvalue weighted by molar-refractivity contribution is 5.86. The zero-order valence-corrected chi connectivity index (χ0v) is 15.1. The van der Waals surface area contributed by atoms with E-state index in [-0.39, 0.29) is 11.8 Å². The molecule has 5 N–H and O–H groups in total. The van der Waals surface area contributed by atoms with Crippen molar-refractivity contribution in [3.05, 3.63) is 12.7 Å². The van der Waals surface area contributed by atoms with Gasteiger partial charge in [-0.25, -0.2) is 0 Å². The van der Waals surface area contributed by atoms with E-state index in [0.29, 0.717) is 13.0 Å². The summed E-state index contributed by atoms with van der Waals surface area (Å²) >= 11 is 0. The standard InChI is InChI=1S/C18H34N2O5/c1-2-16(24)19-12-10-8-6-4-3-5-7-9-11-17(25)20-18(13-21,14-22)15-23/h2,21-23H,1,3-15H2,(H,19,24)(H,20,25). The molecule has 0 aliphatic heterocycles. The summed E-state index contributed by atoms with van der Waals surface area (Å²) < 4.78 is 0. The van der Waals surface area contributed by atoms with Crippen molar-refractivity contribution < 1.29 is 24.9 Å². The average Bonchev–Trinajstić information content (AvgIpc) is 2.64. The molecule has 0 radical (unpaired) electrons. The van der Waals surface area contributed by atoms with Crippen LogP contribution in [0.3, 0.4) is 0 Å². The van der Waals surface area contributed by atoms with Gasteiger partial charge in [-0.15, -0.1) is 0 Å². The molecule has 7 heteroatoms. The Kier molecular flexibility index (Phi) is 14.0. The third-order valence-electron chi connectivity index (χ3n) is 4.13. The molecule has 0 unspecified atom stereocenters. The predicted molar refractivity (Wildman–Crippen MR) is 96.9 cm³/mol. The number of rotatable bonds is 16. The molecule has 0 heterocycles. The molecule has 0 aromatic carbocycles. The number of amides is 2. The van der Waals surface area contributed by atoms with Crippen LogP contribution in [0.4, 0.5) is 0 Å². The molecule has 146 valence electrons. The van der Waals surface area contributed by atoms with E-state index >= 15 is 0 Å². The monoisotopic (exact) mass is 358 g/mol. The lowest BCUT2D eigenvalue weighted by molar-refractivity contribution is -0.125. The van der Waals surface area contributed by atoms with Crippen molar-refractivity contribution in [2.75, 3.05) is 26.4 Å². The summed E-state index contributed by atoms with van der Waals surface area (Å²) in [5, 5.41) is 32.7. The van der Waals surface area contributed by atoms with Gasteiger partial charge in [-0.1, -0.05) is 45.1 Å². The number of carbonyl (C=O) groups is 2. The minimum absolute atomic E-state index is 0.127. The molecule has 0 spiro atoms. The number of hydrogen-bond donors (Lipinski definition) is 5. The van der Waals surface area contributed by atoms with Crippen LogP contribution in [-0.4, -0.2) is 59.0 Å². The van der Waals surface area contributed by atoms with Crippen LogP contribution in [0.25, 0.3) is 0 Å². The largest absolute Gasteiger partial charge is 0.394 e. The molecule has 0 fully saturated rings. The summed E-state index contributed by atoms with van der Waals surface area (Å²) in [6, 6.07) is 0. The molecule has 0 saturated carbocycles. The SMILES string of the molecule is C=CC(=O)NCCCCCCCCCCC(=O)NC(CO)(CO)CO. The molecule has 0 atom stereocenters. The maximum absolute atomic E-state index is 11.8. The second-order valence-electron chi connectivity index (χ2n) is 6.38. The topological polar surface area (TPSA) is 119 Å². The van der Waals surface area contributed by atoms with Crippen LogP contribution in [0.5, 0.6) is 0 Å². The van der Waals surface area contributed by atoms with Crippen molar-refractivity contribution in [3.8, 4) is 0 Å². The summed E-state index contributed by atoms with van der Waals surface area (Å²) in [6.07, 6.45) is 9.82. The Labute approximate surface area is 150 Å². The molecule has 0 aromatic heterocycles. The van der Waals surface area contributed by atoms with E-state index in [4.69, 9.17) is 15.3 Å². The van der Waals surface area contributed by atoms with Crippen LogP contribution < -0.4 is 10.6 Å². The molecule has 0 bridgehead atoms. The number of aliphatic hydroxyl groups is 3. The van der Waals surface area contributed by atoms with Gasteiger partial charge in [0.2, 0.25) is 11.8 Å². The highest BCUT2D eigenvalue weighted by Crippen LogP contribution is 2.10. The zero-order chi connectivity index (χ0) is 19.0. The minimum Gasteiger partial charge on any atom is -0.394 e. The maximum Gasteiger partial charge on any atom is 0.243 e. The van der Waals surface area contributed by atoms with Crippen LogP contribution in [-0.2, 0) is 9.59 Å². The van der Waals surface area contributed by atoms with Crippen LogP contribution >= 0.6 is 0 Å². The van der Waals surface area contributed by atoms with Gasteiger partial charge in [-0.05, 0) is 18.9 Å².